The molecule has 0 unspecified atom stereocenters. The van der Waals surface area contributed by atoms with Gasteiger partial charge in [-0.15, -0.1) is 6.58 Å². The molecule has 3 atom stereocenters. The smallest absolute Gasteiger partial charge is 0.110 e. The largest absolute Gasteiger partial charge is 0.394 e. The molecule has 0 aromatic rings. The third kappa shape index (κ3) is 4.35. The van der Waals surface area contributed by atoms with E-state index in [9.17, 15) is 5.11 Å². The van der Waals surface area contributed by atoms with Crippen LogP contribution >= 0.6 is 0 Å². The van der Waals surface area contributed by atoms with Gasteiger partial charge in [-0.25, -0.2) is 0 Å². The lowest BCUT2D eigenvalue weighted by Crippen LogP contribution is -2.43. The lowest BCUT2D eigenvalue weighted by Gasteiger charge is -2.23. The van der Waals surface area contributed by atoms with E-state index in [0.29, 0.717) is 0 Å². The minimum absolute atomic E-state index is 0.167. The molecule has 0 aliphatic carbocycles. The summed E-state index contributed by atoms with van der Waals surface area (Å²) in [5, 5.41) is 35.5. The Balaban J connectivity index is 3.97. The summed E-state index contributed by atoms with van der Waals surface area (Å²) >= 11 is 0. The van der Waals surface area contributed by atoms with Gasteiger partial charge in [0.2, 0.25) is 0 Å². The highest BCUT2D eigenvalue weighted by Gasteiger charge is 2.25. The second kappa shape index (κ2) is 6.99. The molecule has 0 aromatic heterocycles. The van der Waals surface area contributed by atoms with Gasteiger partial charge >= 0.3 is 0 Å². The van der Waals surface area contributed by atoms with Crippen LogP contribution in [0.25, 0.3) is 0 Å². The highest BCUT2D eigenvalue weighted by molar-refractivity contribution is 4.77. The van der Waals surface area contributed by atoms with E-state index in [-0.39, 0.29) is 6.61 Å². The fraction of sp³-hybridized carbons (Fsp3) is 0.750. The van der Waals surface area contributed by atoms with E-state index in [0.717, 1.165) is 0 Å². The van der Waals surface area contributed by atoms with E-state index < -0.39 is 31.5 Å². The first kappa shape index (κ1) is 12.5. The molecule has 0 heterocycles. The summed E-state index contributed by atoms with van der Waals surface area (Å²) in [6.07, 6.45) is -2.04. The van der Waals surface area contributed by atoms with Crippen molar-refractivity contribution in [2.75, 3.05) is 19.8 Å². The normalized spacial score (nSPS) is 17.8. The maximum absolute atomic E-state index is 9.27. The van der Waals surface area contributed by atoms with Crippen LogP contribution in [0.4, 0.5) is 0 Å². The van der Waals surface area contributed by atoms with Crippen molar-refractivity contribution in [2.24, 2.45) is 0 Å². The molecule has 4 N–H and O–H groups in total. The number of hydrogen-bond donors (Lipinski definition) is 4. The molecule has 0 aliphatic heterocycles. The van der Waals surface area contributed by atoms with Gasteiger partial charge in [0.15, 0.2) is 0 Å². The number of aliphatic hydroxyl groups is 4. The van der Waals surface area contributed by atoms with Crippen molar-refractivity contribution in [2.45, 2.75) is 18.3 Å². The molecular formula is C8H16O5. The molecule has 0 radical (unpaired) electrons. The molecule has 0 spiro atoms. The van der Waals surface area contributed by atoms with Gasteiger partial charge in [0.05, 0.1) is 19.8 Å². The maximum Gasteiger partial charge on any atom is 0.110 e. The molecule has 13 heavy (non-hydrogen) atoms. The van der Waals surface area contributed by atoms with Crippen LogP contribution in [-0.2, 0) is 4.74 Å². The molecule has 0 aromatic carbocycles. The van der Waals surface area contributed by atoms with Crippen LogP contribution in [0.2, 0.25) is 0 Å². The molecular weight excluding hydrogens is 176 g/mol. The van der Waals surface area contributed by atoms with Gasteiger partial charge < -0.3 is 25.2 Å². The zero-order chi connectivity index (χ0) is 10.3. The Bertz CT molecular complexity index is 138. The monoisotopic (exact) mass is 192 g/mol. The topological polar surface area (TPSA) is 90.2 Å². The molecule has 0 bridgehead atoms. The second-order valence-electron chi connectivity index (χ2n) is 2.58. The predicted octanol–water partition coefficient (Wildman–Crippen LogP) is -1.74. The molecule has 0 rings (SSSR count). The van der Waals surface area contributed by atoms with Crippen molar-refractivity contribution in [3.8, 4) is 0 Å². The van der Waals surface area contributed by atoms with E-state index in [1.165, 1.54) is 6.08 Å². The Hall–Kier alpha value is -0.460. The number of ether oxygens (including phenoxy) is 1. The molecule has 0 aliphatic rings. The van der Waals surface area contributed by atoms with Gasteiger partial charge in [0.1, 0.15) is 18.3 Å². The first-order valence-electron chi connectivity index (χ1n) is 3.97. The summed E-state index contributed by atoms with van der Waals surface area (Å²) in [5.74, 6) is 0. The predicted molar refractivity (Wildman–Crippen MR) is 46.1 cm³/mol. The van der Waals surface area contributed by atoms with Crippen molar-refractivity contribution in [3.63, 3.8) is 0 Å². The Labute approximate surface area is 76.9 Å². The molecule has 5 heteroatoms. The zero-order valence-electron chi connectivity index (χ0n) is 7.33. The van der Waals surface area contributed by atoms with Gasteiger partial charge in [-0.3, -0.25) is 0 Å². The molecule has 0 fully saturated rings. The third-order valence-corrected chi connectivity index (χ3v) is 1.57. The lowest BCUT2D eigenvalue weighted by molar-refractivity contribution is -0.111. The zero-order valence-corrected chi connectivity index (χ0v) is 7.33. The Kier molecular flexibility index (Phi) is 6.75. The third-order valence-electron chi connectivity index (χ3n) is 1.57. The fourth-order valence-electron chi connectivity index (χ4n) is 0.807. The van der Waals surface area contributed by atoms with Crippen LogP contribution in [0.5, 0.6) is 0 Å². The Morgan fingerprint density at radius 2 is 1.85 bits per heavy atom. The summed E-state index contributed by atoms with van der Waals surface area (Å²) in [5.41, 5.74) is 0. The maximum atomic E-state index is 9.27. The average molecular weight is 192 g/mol. The van der Waals surface area contributed by atoms with Gasteiger partial charge in [-0.05, 0) is 0 Å². The van der Waals surface area contributed by atoms with Crippen molar-refractivity contribution < 1.29 is 25.2 Å². The van der Waals surface area contributed by atoms with Gasteiger partial charge in [-0.1, -0.05) is 6.08 Å². The van der Waals surface area contributed by atoms with Crippen molar-refractivity contribution in [3.05, 3.63) is 12.7 Å². The van der Waals surface area contributed by atoms with Gasteiger partial charge in [-0.2, -0.15) is 0 Å². The first-order chi connectivity index (χ1) is 6.17. The fourth-order valence-corrected chi connectivity index (χ4v) is 0.807. The Morgan fingerprint density at radius 1 is 1.23 bits per heavy atom. The van der Waals surface area contributed by atoms with E-state index in [1.807, 2.05) is 0 Å². The van der Waals surface area contributed by atoms with E-state index in [1.54, 1.807) is 0 Å². The van der Waals surface area contributed by atoms with Crippen LogP contribution < -0.4 is 0 Å². The van der Waals surface area contributed by atoms with E-state index >= 15 is 0 Å². The second-order valence-corrected chi connectivity index (χ2v) is 2.58. The van der Waals surface area contributed by atoms with E-state index in [2.05, 4.69) is 6.58 Å². The van der Waals surface area contributed by atoms with Crippen LogP contribution in [-0.4, -0.2) is 58.6 Å². The number of rotatable bonds is 7. The van der Waals surface area contributed by atoms with Crippen molar-refractivity contribution in [1.82, 2.24) is 0 Å². The van der Waals surface area contributed by atoms with Crippen LogP contribution in [0.15, 0.2) is 12.7 Å². The quantitative estimate of drug-likeness (QED) is 0.360. The SMILES string of the molecule is C=CCO[C@@H](CO)[C@@H](O)[C@H](O)CO. The van der Waals surface area contributed by atoms with Gasteiger partial charge in [0.25, 0.3) is 0 Å². The van der Waals surface area contributed by atoms with Crippen LogP contribution in [0, 0.1) is 0 Å². The van der Waals surface area contributed by atoms with Gasteiger partial charge in [0, 0.05) is 0 Å². The number of aliphatic hydroxyl groups excluding tert-OH is 4. The molecule has 0 saturated carbocycles. The lowest BCUT2D eigenvalue weighted by atomic mass is 10.1. The van der Waals surface area contributed by atoms with E-state index in [4.69, 9.17) is 20.1 Å². The van der Waals surface area contributed by atoms with Crippen LogP contribution in [0.1, 0.15) is 0 Å². The summed E-state index contributed by atoms with van der Waals surface area (Å²) in [7, 11) is 0. The molecule has 5 nitrogen and oxygen atoms in total. The summed E-state index contributed by atoms with van der Waals surface area (Å²) in [4.78, 5) is 0. The minimum atomic E-state index is -1.30. The Morgan fingerprint density at radius 3 is 2.23 bits per heavy atom. The van der Waals surface area contributed by atoms with Crippen molar-refractivity contribution in [1.29, 1.82) is 0 Å². The number of hydrogen-bond acceptors (Lipinski definition) is 5. The highest BCUT2D eigenvalue weighted by atomic mass is 16.5. The molecule has 78 valence electrons. The summed E-state index contributed by atoms with van der Waals surface area (Å²) in [6, 6.07) is 0. The van der Waals surface area contributed by atoms with Crippen molar-refractivity contribution >= 4 is 0 Å². The standard InChI is InChI=1S/C8H16O5/c1-2-3-13-7(5-10)8(12)6(11)4-9/h2,6-12H,1,3-5H2/t6-,7+,8+/m1/s1. The van der Waals surface area contributed by atoms with Crippen LogP contribution in [0.3, 0.4) is 0 Å². The first-order valence-corrected chi connectivity index (χ1v) is 3.97. The molecule has 0 amide bonds. The average Bonchev–Trinajstić information content (AvgIpc) is 2.17. The summed E-state index contributed by atoms with van der Waals surface area (Å²) in [6.45, 7) is 2.56. The highest BCUT2D eigenvalue weighted by Crippen LogP contribution is 2.03. The summed E-state index contributed by atoms with van der Waals surface area (Å²) < 4.78 is 4.94. The molecule has 0 saturated heterocycles. The minimum Gasteiger partial charge on any atom is -0.394 e.